The molecule has 1 aromatic rings. The van der Waals surface area contributed by atoms with Gasteiger partial charge in [-0.15, -0.1) is 23.5 Å². The highest BCUT2D eigenvalue weighted by atomic mass is 35.5. The smallest absolute Gasteiger partial charge is 0.0981 e. The van der Waals surface area contributed by atoms with Gasteiger partial charge in [0.25, 0.3) is 0 Å². The normalized spacial score (nSPS) is 20.1. The Hall–Kier alpha value is 0.170. The molecule has 0 bridgehead atoms. The monoisotopic (exact) mass is 259 g/mol. The first kappa shape index (κ1) is 11.6. The minimum atomic E-state index is 0.0584. The number of thioether (sulfide) groups is 2. The molecule has 1 aliphatic heterocycles. The summed E-state index contributed by atoms with van der Waals surface area (Å²) >= 11 is 9.82. The molecule has 1 aromatic carbocycles. The van der Waals surface area contributed by atoms with Crippen molar-refractivity contribution in [1.29, 1.82) is 0 Å². The van der Waals surface area contributed by atoms with E-state index >= 15 is 0 Å². The predicted molar refractivity (Wildman–Crippen MR) is 71.7 cm³/mol. The van der Waals surface area contributed by atoms with Crippen LogP contribution in [0.2, 0.25) is 5.02 Å². The largest absolute Gasteiger partial charge is 0.328 e. The van der Waals surface area contributed by atoms with Gasteiger partial charge >= 0.3 is 0 Å². The summed E-state index contributed by atoms with van der Waals surface area (Å²) in [6.07, 6.45) is 1.28. The maximum absolute atomic E-state index is 5.93. The Labute approximate surface area is 104 Å². The molecule has 4 heteroatoms. The highest BCUT2D eigenvalue weighted by molar-refractivity contribution is 8.18. The lowest BCUT2D eigenvalue weighted by atomic mass is 10.1. The number of hydrogen-bond donors (Lipinski definition) is 1. The molecular formula is C11H14ClNS2. The Balaban J connectivity index is 2.28. The highest BCUT2D eigenvalue weighted by Crippen LogP contribution is 2.49. The van der Waals surface area contributed by atoms with Crippen LogP contribution in [0.25, 0.3) is 0 Å². The van der Waals surface area contributed by atoms with Gasteiger partial charge in [0, 0.05) is 11.6 Å². The summed E-state index contributed by atoms with van der Waals surface area (Å²) in [7, 11) is 0. The molecule has 0 unspecified atom stereocenters. The van der Waals surface area contributed by atoms with E-state index in [2.05, 4.69) is 12.1 Å². The topological polar surface area (TPSA) is 26.0 Å². The molecule has 1 aliphatic rings. The zero-order chi connectivity index (χ0) is 10.7. The summed E-state index contributed by atoms with van der Waals surface area (Å²) < 4.78 is 0.0584. The molecule has 0 aliphatic carbocycles. The van der Waals surface area contributed by atoms with Crippen molar-refractivity contribution in [3.8, 4) is 0 Å². The predicted octanol–water partition coefficient (Wildman–Crippen LogP) is 3.32. The van der Waals surface area contributed by atoms with Gasteiger partial charge in [-0.2, -0.15) is 0 Å². The Morgan fingerprint density at radius 2 is 1.80 bits per heavy atom. The van der Waals surface area contributed by atoms with Crippen LogP contribution in [0.3, 0.4) is 0 Å². The van der Waals surface area contributed by atoms with Crippen molar-refractivity contribution in [3.05, 3.63) is 34.9 Å². The van der Waals surface area contributed by atoms with Crippen molar-refractivity contribution >= 4 is 35.1 Å². The molecule has 1 heterocycles. The molecular weight excluding hydrogens is 246 g/mol. The number of nitrogens with two attached hydrogens (primary N) is 1. The zero-order valence-electron chi connectivity index (χ0n) is 8.41. The summed E-state index contributed by atoms with van der Waals surface area (Å²) in [6, 6.07) is 8.09. The average molecular weight is 260 g/mol. The van der Waals surface area contributed by atoms with E-state index in [1.807, 2.05) is 35.7 Å². The van der Waals surface area contributed by atoms with Crippen molar-refractivity contribution in [3.63, 3.8) is 0 Å². The van der Waals surface area contributed by atoms with E-state index in [1.165, 1.54) is 23.5 Å². The van der Waals surface area contributed by atoms with Crippen molar-refractivity contribution in [2.45, 2.75) is 10.5 Å². The Kier molecular flexibility index (Phi) is 3.88. The third-order valence-corrected chi connectivity index (χ3v) is 6.19. The van der Waals surface area contributed by atoms with Gasteiger partial charge in [-0.05, 0) is 35.6 Å². The minimum Gasteiger partial charge on any atom is -0.328 e. The van der Waals surface area contributed by atoms with Crippen LogP contribution in [0, 0.1) is 0 Å². The van der Waals surface area contributed by atoms with E-state index in [4.69, 9.17) is 17.3 Å². The van der Waals surface area contributed by atoms with Gasteiger partial charge in [0.05, 0.1) is 4.08 Å². The van der Waals surface area contributed by atoms with Gasteiger partial charge in [0.2, 0.25) is 0 Å². The fourth-order valence-corrected chi connectivity index (χ4v) is 4.90. The van der Waals surface area contributed by atoms with Crippen molar-refractivity contribution < 1.29 is 0 Å². The molecule has 82 valence electrons. The third kappa shape index (κ3) is 2.47. The molecule has 0 atom stereocenters. The second-order valence-electron chi connectivity index (χ2n) is 3.51. The van der Waals surface area contributed by atoms with Crippen LogP contribution < -0.4 is 5.73 Å². The van der Waals surface area contributed by atoms with E-state index in [0.29, 0.717) is 6.54 Å². The highest BCUT2D eigenvalue weighted by Gasteiger charge is 2.33. The molecule has 1 nitrogen and oxygen atoms in total. The quantitative estimate of drug-likeness (QED) is 0.883. The van der Waals surface area contributed by atoms with E-state index in [0.717, 1.165) is 5.02 Å². The van der Waals surface area contributed by atoms with Gasteiger partial charge in [0.15, 0.2) is 0 Å². The Bertz CT molecular complexity index is 320. The van der Waals surface area contributed by atoms with Crippen LogP contribution >= 0.6 is 35.1 Å². The Morgan fingerprint density at radius 3 is 2.33 bits per heavy atom. The van der Waals surface area contributed by atoms with Crippen LogP contribution in [0.15, 0.2) is 24.3 Å². The first-order chi connectivity index (χ1) is 7.27. The first-order valence-electron chi connectivity index (χ1n) is 5.01. The van der Waals surface area contributed by atoms with Crippen molar-refractivity contribution in [2.24, 2.45) is 5.73 Å². The fourth-order valence-electron chi connectivity index (χ4n) is 1.68. The Morgan fingerprint density at radius 1 is 1.20 bits per heavy atom. The van der Waals surface area contributed by atoms with Crippen LogP contribution in [0.4, 0.5) is 0 Å². The summed E-state index contributed by atoms with van der Waals surface area (Å²) in [5.41, 5.74) is 7.23. The standard InChI is InChI=1S/C11H14ClNS2/c12-10-4-2-9(3-5-10)11(8-13)14-6-1-7-15-11/h2-5H,1,6-8,13H2. The van der Waals surface area contributed by atoms with Crippen molar-refractivity contribution in [1.82, 2.24) is 0 Å². The maximum atomic E-state index is 5.93. The van der Waals surface area contributed by atoms with Crippen LogP contribution in [-0.4, -0.2) is 18.1 Å². The summed E-state index contributed by atoms with van der Waals surface area (Å²) in [5.74, 6) is 2.40. The van der Waals surface area contributed by atoms with E-state index in [-0.39, 0.29) is 4.08 Å². The summed E-state index contributed by atoms with van der Waals surface area (Å²) in [5, 5.41) is 0.789. The second kappa shape index (κ2) is 5.00. The molecule has 2 rings (SSSR count). The SMILES string of the molecule is NCC1(c2ccc(Cl)cc2)SCCCS1. The first-order valence-corrected chi connectivity index (χ1v) is 7.36. The van der Waals surface area contributed by atoms with Crippen LogP contribution in [-0.2, 0) is 4.08 Å². The van der Waals surface area contributed by atoms with Gasteiger partial charge in [-0.25, -0.2) is 0 Å². The lowest BCUT2D eigenvalue weighted by Crippen LogP contribution is -2.31. The van der Waals surface area contributed by atoms with E-state index in [9.17, 15) is 0 Å². The third-order valence-electron chi connectivity index (χ3n) is 2.51. The molecule has 15 heavy (non-hydrogen) atoms. The van der Waals surface area contributed by atoms with Gasteiger partial charge in [-0.1, -0.05) is 23.7 Å². The maximum Gasteiger partial charge on any atom is 0.0981 e. The number of rotatable bonds is 2. The fraction of sp³-hybridized carbons (Fsp3) is 0.455. The molecule has 1 saturated heterocycles. The van der Waals surface area contributed by atoms with Crippen LogP contribution in [0.1, 0.15) is 12.0 Å². The lowest BCUT2D eigenvalue weighted by Gasteiger charge is -2.35. The van der Waals surface area contributed by atoms with Gasteiger partial charge in [0.1, 0.15) is 0 Å². The molecule has 0 spiro atoms. The molecule has 2 N–H and O–H groups in total. The average Bonchev–Trinajstić information content (AvgIpc) is 2.31. The van der Waals surface area contributed by atoms with Gasteiger partial charge < -0.3 is 5.73 Å². The molecule has 0 radical (unpaired) electrons. The summed E-state index contributed by atoms with van der Waals surface area (Å²) in [6.45, 7) is 0.684. The molecule has 0 aromatic heterocycles. The zero-order valence-corrected chi connectivity index (χ0v) is 10.8. The summed E-state index contributed by atoms with van der Waals surface area (Å²) in [4.78, 5) is 0. The minimum absolute atomic E-state index is 0.0584. The molecule has 1 fully saturated rings. The van der Waals surface area contributed by atoms with E-state index < -0.39 is 0 Å². The number of benzene rings is 1. The van der Waals surface area contributed by atoms with Gasteiger partial charge in [-0.3, -0.25) is 0 Å². The second-order valence-corrected chi connectivity index (χ2v) is 7.00. The number of halogens is 1. The molecule has 0 amide bonds. The van der Waals surface area contributed by atoms with Crippen LogP contribution in [0.5, 0.6) is 0 Å². The van der Waals surface area contributed by atoms with Crippen molar-refractivity contribution in [2.75, 3.05) is 18.1 Å². The lowest BCUT2D eigenvalue weighted by molar-refractivity contribution is 0.859. The molecule has 0 saturated carbocycles. The van der Waals surface area contributed by atoms with E-state index in [1.54, 1.807) is 0 Å². The number of hydrogen-bond acceptors (Lipinski definition) is 3.